The molecule has 0 saturated carbocycles. The van der Waals surface area contributed by atoms with Gasteiger partial charge in [0.05, 0.1) is 16.7 Å². The molecule has 0 fully saturated rings. The topological polar surface area (TPSA) is 224 Å². The van der Waals surface area contributed by atoms with Crippen LogP contribution >= 0.6 is 0 Å². The normalized spacial score (nSPS) is 12.9. The molecule has 69 heavy (non-hydrogen) atoms. The second kappa shape index (κ2) is 23.6. The van der Waals surface area contributed by atoms with Crippen molar-refractivity contribution in [2.45, 2.75) is 76.8 Å². The summed E-state index contributed by atoms with van der Waals surface area (Å²) < 4.78 is 4.78. The van der Waals surface area contributed by atoms with E-state index < -0.39 is 52.4 Å². The van der Waals surface area contributed by atoms with Crippen molar-refractivity contribution in [3.8, 4) is 0 Å². The number of nitro groups is 1. The van der Waals surface area contributed by atoms with Crippen LogP contribution in [0.2, 0.25) is 0 Å². The van der Waals surface area contributed by atoms with E-state index in [1.54, 1.807) is 12.1 Å². The minimum atomic E-state index is -1.29. The summed E-state index contributed by atoms with van der Waals surface area (Å²) in [7, 11) is 0. The van der Waals surface area contributed by atoms with Crippen molar-refractivity contribution < 1.29 is 38.6 Å². The van der Waals surface area contributed by atoms with Gasteiger partial charge in [0.2, 0.25) is 17.3 Å². The zero-order valence-corrected chi connectivity index (χ0v) is 38.2. The van der Waals surface area contributed by atoms with Gasteiger partial charge >= 0.3 is 11.7 Å². The summed E-state index contributed by atoms with van der Waals surface area (Å²) >= 11 is 0. The molecule has 0 aliphatic heterocycles. The number of hydrogen-bond acceptors (Lipinski definition) is 11. The van der Waals surface area contributed by atoms with Crippen LogP contribution in [-0.2, 0) is 49.7 Å². The van der Waals surface area contributed by atoms with E-state index in [9.17, 15) is 39.2 Å². The third-order valence-electron chi connectivity index (χ3n) is 12.3. The summed E-state index contributed by atoms with van der Waals surface area (Å²) in [6, 6.07) is 40.1. The Balaban J connectivity index is 1.09. The largest absolute Gasteiger partial charge is 0.480 e. The van der Waals surface area contributed by atoms with Crippen molar-refractivity contribution in [2.24, 2.45) is 11.8 Å². The summed E-state index contributed by atoms with van der Waals surface area (Å²) in [5.74, 6) is -4.69. The highest BCUT2D eigenvalue weighted by atomic mass is 16.6. The van der Waals surface area contributed by atoms with E-state index in [1.807, 2.05) is 122 Å². The highest BCUT2D eigenvalue weighted by Crippen LogP contribution is 2.29. The Morgan fingerprint density at radius 3 is 1.93 bits per heavy atom. The van der Waals surface area contributed by atoms with E-state index in [4.69, 9.17) is 4.63 Å². The molecular formula is C54H54N6O9. The molecule has 0 spiro atoms. The summed E-state index contributed by atoms with van der Waals surface area (Å²) in [6.45, 7) is 2.27. The predicted octanol–water partition coefficient (Wildman–Crippen LogP) is 8.35. The lowest BCUT2D eigenvalue weighted by Gasteiger charge is -2.25. The molecule has 2 amide bonds. The number of carboxylic acids is 1. The number of Topliss-reactive ketones (excluding diaryl/α,β-unsaturated/α-hetero) is 2. The second-order valence-electron chi connectivity index (χ2n) is 17.5. The first kappa shape index (κ1) is 48.9. The molecule has 0 radical (unpaired) electrons. The van der Waals surface area contributed by atoms with Gasteiger partial charge in [-0.05, 0) is 82.0 Å². The highest BCUT2D eigenvalue weighted by molar-refractivity contribution is 5.96. The lowest BCUT2D eigenvalue weighted by atomic mass is 9.88. The van der Waals surface area contributed by atoms with Crippen LogP contribution in [0.1, 0.15) is 59.9 Å². The van der Waals surface area contributed by atoms with Crippen LogP contribution in [0.15, 0.2) is 144 Å². The van der Waals surface area contributed by atoms with Crippen molar-refractivity contribution in [2.75, 3.05) is 11.9 Å². The first-order valence-electron chi connectivity index (χ1n) is 23.0. The number of aliphatic carboxylic acids is 1. The number of carboxylic acid groups (broad SMARTS) is 1. The van der Waals surface area contributed by atoms with E-state index >= 15 is 0 Å². The quantitative estimate of drug-likeness (QED) is 0.0241. The van der Waals surface area contributed by atoms with Gasteiger partial charge < -0.3 is 21.1 Å². The van der Waals surface area contributed by atoms with E-state index in [-0.39, 0.29) is 67.4 Å². The van der Waals surface area contributed by atoms with Crippen LogP contribution < -0.4 is 16.0 Å². The molecule has 6 aromatic carbocycles. The molecule has 1 heterocycles. The van der Waals surface area contributed by atoms with E-state index in [0.29, 0.717) is 30.6 Å². The number of fused-ring (bicyclic) bond motifs is 2. The first-order valence-corrected chi connectivity index (χ1v) is 23.0. The molecule has 0 aliphatic rings. The summed E-state index contributed by atoms with van der Waals surface area (Å²) in [6.07, 6.45) is 1.18. The monoisotopic (exact) mass is 930 g/mol. The van der Waals surface area contributed by atoms with Gasteiger partial charge in [0.1, 0.15) is 11.8 Å². The molecule has 7 rings (SSSR count). The number of nitrogens with one attached hydrogen (secondary N) is 3. The fourth-order valence-electron chi connectivity index (χ4n) is 8.51. The van der Waals surface area contributed by atoms with E-state index in [0.717, 1.165) is 33.0 Å². The first-order chi connectivity index (χ1) is 33.4. The number of aromatic nitrogens is 2. The van der Waals surface area contributed by atoms with Gasteiger partial charge in [0, 0.05) is 50.1 Å². The lowest BCUT2D eigenvalue weighted by Crippen LogP contribution is -2.48. The number of benzene rings is 6. The molecule has 0 saturated heterocycles. The number of carbonyl (C=O) groups excluding carboxylic acids is 4. The average Bonchev–Trinajstić information content (AvgIpc) is 3.84. The SMILES string of the molecule is Cc1ccc(C[C@@H](NC(=O)[C@@H](CCCCNc2ccc([N+](=O)[O-])c3nonc23)CC(=O)[C@@H](Cc2ccccc2)NC(=O)[C@H](CC(=O)Cc2ccc3ccccc3c2)Cc2ccccc2)C(=O)O)cc1. The Morgan fingerprint density at radius 1 is 0.638 bits per heavy atom. The number of unbranched alkanes of at least 4 members (excludes halogenated alkanes) is 1. The fourth-order valence-corrected chi connectivity index (χ4v) is 8.51. The fraction of sp³-hybridized carbons (Fsp3) is 0.278. The number of ketones is 2. The number of aryl methyl sites for hydroxylation is 1. The zero-order valence-electron chi connectivity index (χ0n) is 38.2. The zero-order chi connectivity index (χ0) is 48.7. The molecule has 0 aliphatic carbocycles. The molecule has 354 valence electrons. The molecule has 1 aromatic heterocycles. The summed E-state index contributed by atoms with van der Waals surface area (Å²) in [5.41, 5.74) is 4.54. The smallest absolute Gasteiger partial charge is 0.326 e. The summed E-state index contributed by atoms with van der Waals surface area (Å²) in [4.78, 5) is 80.7. The minimum absolute atomic E-state index is 0.00461. The summed E-state index contributed by atoms with van der Waals surface area (Å²) in [5, 5.41) is 40.2. The van der Waals surface area contributed by atoms with Crippen LogP contribution in [0.25, 0.3) is 21.8 Å². The van der Waals surface area contributed by atoms with E-state index in [2.05, 4.69) is 26.3 Å². The highest BCUT2D eigenvalue weighted by Gasteiger charge is 2.32. The van der Waals surface area contributed by atoms with Crippen molar-refractivity contribution in [3.05, 3.63) is 177 Å². The molecule has 0 bridgehead atoms. The van der Waals surface area contributed by atoms with Gasteiger partial charge in [-0.3, -0.25) is 29.3 Å². The van der Waals surface area contributed by atoms with Crippen LogP contribution in [0, 0.1) is 28.9 Å². The number of rotatable bonds is 25. The van der Waals surface area contributed by atoms with Crippen LogP contribution in [0.4, 0.5) is 11.4 Å². The number of amides is 2. The Bertz CT molecular complexity index is 2910. The van der Waals surface area contributed by atoms with Gasteiger partial charge in [0.15, 0.2) is 11.3 Å². The molecule has 7 aromatic rings. The number of nitrogens with zero attached hydrogens (tertiary/aromatic N) is 3. The lowest BCUT2D eigenvalue weighted by molar-refractivity contribution is -0.383. The third-order valence-corrected chi connectivity index (χ3v) is 12.3. The maximum atomic E-state index is 14.7. The van der Waals surface area contributed by atoms with Crippen molar-refractivity contribution >= 4 is 62.5 Å². The Morgan fingerprint density at radius 2 is 1.23 bits per heavy atom. The van der Waals surface area contributed by atoms with Crippen molar-refractivity contribution in [1.82, 2.24) is 20.9 Å². The number of hydrogen-bond donors (Lipinski definition) is 4. The maximum Gasteiger partial charge on any atom is 0.326 e. The Labute approximate surface area is 398 Å². The van der Waals surface area contributed by atoms with Crippen molar-refractivity contribution in [3.63, 3.8) is 0 Å². The third kappa shape index (κ3) is 13.8. The number of nitro benzene ring substituents is 1. The van der Waals surface area contributed by atoms with Gasteiger partial charge in [-0.1, -0.05) is 139 Å². The molecule has 15 heteroatoms. The van der Waals surface area contributed by atoms with Crippen LogP contribution in [0.5, 0.6) is 0 Å². The molecular weight excluding hydrogens is 877 g/mol. The second-order valence-corrected chi connectivity index (χ2v) is 17.5. The van der Waals surface area contributed by atoms with Crippen LogP contribution in [-0.4, -0.2) is 68.3 Å². The van der Waals surface area contributed by atoms with Gasteiger partial charge in [-0.15, -0.1) is 0 Å². The number of carbonyl (C=O) groups is 5. The van der Waals surface area contributed by atoms with Gasteiger partial charge in [0.25, 0.3) is 0 Å². The minimum Gasteiger partial charge on any atom is -0.480 e. The Hall–Kier alpha value is -8.07. The Kier molecular flexibility index (Phi) is 16.7. The predicted molar refractivity (Wildman–Crippen MR) is 261 cm³/mol. The van der Waals surface area contributed by atoms with Crippen LogP contribution in [0.3, 0.4) is 0 Å². The molecule has 4 N–H and O–H groups in total. The number of non-ortho nitro benzene ring substituents is 1. The van der Waals surface area contributed by atoms with Crippen molar-refractivity contribution in [1.29, 1.82) is 0 Å². The average molecular weight is 931 g/mol. The molecule has 0 unspecified atom stereocenters. The maximum absolute atomic E-state index is 14.7. The van der Waals surface area contributed by atoms with Gasteiger partial charge in [-0.2, -0.15) is 0 Å². The molecule has 4 atom stereocenters. The van der Waals surface area contributed by atoms with Gasteiger partial charge in [-0.25, -0.2) is 9.42 Å². The van der Waals surface area contributed by atoms with E-state index in [1.165, 1.54) is 12.1 Å². The standard InChI is InChI=1S/C54H54N6O9/c1-35-19-21-38(22-20-35)32-47(54(65)66)57-52(63)42(18-10-11-27-55-45-25-26-48(60(67)68)51-50(45)58-69-59-51)34-49(62)46(31-37-14-6-3-7-15-37)56-53(64)43(28-36-12-4-2-5-13-36)33-44(61)30-39-23-24-40-16-8-9-17-41(40)29-39/h2-9,12-17,19-26,29,42-43,46-47,55H,10-11,18,27-28,30-34H2,1H3,(H,56,64)(H,57,63)(H,65,66)/t42-,43-,46+,47+/m0/s1. The number of anilines is 1. The molecule has 15 nitrogen and oxygen atoms in total.